The third-order valence-corrected chi connectivity index (χ3v) is 2.57. The van der Waals surface area contributed by atoms with Gasteiger partial charge in [-0.05, 0) is 26.2 Å². The third-order valence-electron chi connectivity index (χ3n) is 2.57. The van der Waals surface area contributed by atoms with Crippen molar-refractivity contribution in [1.82, 2.24) is 0 Å². The molecular formula is C14H23F3O2. The van der Waals surface area contributed by atoms with Crippen LogP contribution in [0.2, 0.25) is 0 Å². The van der Waals surface area contributed by atoms with Gasteiger partial charge in [0.25, 0.3) is 0 Å². The van der Waals surface area contributed by atoms with Crippen molar-refractivity contribution >= 4 is 5.97 Å². The van der Waals surface area contributed by atoms with Gasteiger partial charge in [0.2, 0.25) is 0 Å². The van der Waals surface area contributed by atoms with Gasteiger partial charge >= 0.3 is 12.1 Å². The lowest BCUT2D eigenvalue weighted by molar-refractivity contribution is -0.143. The molecule has 0 aliphatic heterocycles. The maximum atomic E-state index is 11.8. The summed E-state index contributed by atoms with van der Waals surface area (Å²) in [5.41, 5.74) is 0. The van der Waals surface area contributed by atoms with E-state index in [4.69, 9.17) is 4.74 Å². The first-order chi connectivity index (χ1) is 8.95. The van der Waals surface area contributed by atoms with Crippen LogP contribution in [0, 0.1) is 0 Å². The van der Waals surface area contributed by atoms with E-state index in [9.17, 15) is 18.0 Å². The second kappa shape index (κ2) is 10.9. The van der Waals surface area contributed by atoms with Gasteiger partial charge in [-0.3, -0.25) is 4.79 Å². The Kier molecular flexibility index (Phi) is 10.3. The highest BCUT2D eigenvalue weighted by atomic mass is 19.4. The Bertz CT molecular complexity index is 260. The van der Waals surface area contributed by atoms with Crippen molar-refractivity contribution in [2.45, 2.75) is 64.5 Å². The molecular weight excluding hydrogens is 257 g/mol. The molecule has 0 aromatic rings. The van der Waals surface area contributed by atoms with Crippen molar-refractivity contribution in [2.75, 3.05) is 6.61 Å². The average Bonchev–Trinajstić information content (AvgIpc) is 2.30. The summed E-state index contributed by atoms with van der Waals surface area (Å²) in [6.45, 7) is 2.20. The van der Waals surface area contributed by atoms with Crippen molar-refractivity contribution in [2.24, 2.45) is 0 Å². The summed E-state index contributed by atoms with van der Waals surface area (Å²) in [6.07, 6.45) is 3.66. The van der Waals surface area contributed by atoms with E-state index in [-0.39, 0.29) is 5.97 Å². The number of allylic oxidation sites excluding steroid dienone is 2. The number of unbranched alkanes of at least 4 members (excludes halogenated alkanes) is 5. The maximum Gasteiger partial charge on any atom is 0.392 e. The first-order valence-corrected chi connectivity index (χ1v) is 6.83. The highest BCUT2D eigenvalue weighted by Gasteiger charge is 2.24. The first kappa shape index (κ1) is 18.0. The molecule has 0 N–H and O–H groups in total. The number of carbonyl (C=O) groups excluding carboxylic acids is 1. The molecule has 0 spiro atoms. The highest BCUT2D eigenvalue weighted by Crippen LogP contribution is 2.20. The number of carbonyl (C=O) groups is 1. The van der Waals surface area contributed by atoms with Crippen LogP contribution in [-0.4, -0.2) is 18.8 Å². The Morgan fingerprint density at radius 3 is 2.32 bits per heavy atom. The van der Waals surface area contributed by atoms with Crippen molar-refractivity contribution in [1.29, 1.82) is 0 Å². The van der Waals surface area contributed by atoms with Crippen LogP contribution < -0.4 is 0 Å². The summed E-state index contributed by atoms with van der Waals surface area (Å²) in [5.74, 6) is -0.155. The molecule has 0 aliphatic rings. The zero-order valence-corrected chi connectivity index (χ0v) is 11.5. The van der Waals surface area contributed by atoms with E-state index in [2.05, 4.69) is 0 Å². The maximum absolute atomic E-state index is 11.8. The Hall–Kier alpha value is -1.00. The zero-order chi connectivity index (χ0) is 14.6. The largest absolute Gasteiger partial charge is 0.466 e. The molecule has 0 saturated carbocycles. The molecule has 5 heteroatoms. The van der Waals surface area contributed by atoms with Crippen molar-refractivity contribution < 1.29 is 22.7 Å². The summed E-state index contributed by atoms with van der Waals surface area (Å²) in [4.78, 5) is 11.0. The van der Waals surface area contributed by atoms with Crippen molar-refractivity contribution in [3.63, 3.8) is 0 Å². The van der Waals surface area contributed by atoms with E-state index < -0.39 is 12.6 Å². The lowest BCUT2D eigenvalue weighted by atomic mass is 10.1. The Labute approximate surface area is 113 Å². The quantitative estimate of drug-likeness (QED) is 0.327. The smallest absolute Gasteiger partial charge is 0.392 e. The van der Waals surface area contributed by atoms with Gasteiger partial charge in [0.05, 0.1) is 13.0 Å². The van der Waals surface area contributed by atoms with Gasteiger partial charge in [-0.25, -0.2) is 0 Å². The highest BCUT2D eigenvalue weighted by molar-refractivity contribution is 5.69. The van der Waals surface area contributed by atoms with Crippen LogP contribution in [0.3, 0.4) is 0 Å². The van der Waals surface area contributed by atoms with Crippen LogP contribution in [0.15, 0.2) is 12.2 Å². The Balaban J connectivity index is 3.25. The molecule has 0 atom stereocenters. The van der Waals surface area contributed by atoms with Crippen LogP contribution in [0.25, 0.3) is 0 Å². The molecule has 19 heavy (non-hydrogen) atoms. The molecule has 0 bridgehead atoms. The number of halogens is 3. The van der Waals surface area contributed by atoms with Crippen LogP contribution >= 0.6 is 0 Å². The lowest BCUT2D eigenvalue weighted by Gasteiger charge is -2.02. The summed E-state index contributed by atoms with van der Waals surface area (Å²) in [5, 5.41) is 0. The minimum Gasteiger partial charge on any atom is -0.466 e. The van der Waals surface area contributed by atoms with E-state index >= 15 is 0 Å². The van der Waals surface area contributed by atoms with Crippen molar-refractivity contribution in [3.05, 3.63) is 12.2 Å². The van der Waals surface area contributed by atoms with Gasteiger partial charge in [-0.15, -0.1) is 0 Å². The number of alkyl halides is 3. The van der Waals surface area contributed by atoms with Gasteiger partial charge in [-0.2, -0.15) is 13.2 Å². The molecule has 0 saturated heterocycles. The van der Waals surface area contributed by atoms with Gasteiger partial charge in [0.1, 0.15) is 0 Å². The summed E-state index contributed by atoms with van der Waals surface area (Å²) in [6, 6.07) is 0. The van der Waals surface area contributed by atoms with Crippen LogP contribution in [0.4, 0.5) is 13.2 Å². The van der Waals surface area contributed by atoms with Crippen molar-refractivity contribution in [3.8, 4) is 0 Å². The second-order valence-electron chi connectivity index (χ2n) is 4.40. The zero-order valence-electron chi connectivity index (χ0n) is 11.5. The van der Waals surface area contributed by atoms with Gasteiger partial charge in [0, 0.05) is 6.42 Å². The lowest BCUT2D eigenvalue weighted by Crippen LogP contribution is -2.03. The molecule has 0 fully saturated rings. The molecule has 0 radical (unpaired) electrons. The SMILES string of the molecule is CCOC(=O)CCCCCCC/C=C/CC(F)(F)F. The molecule has 0 heterocycles. The van der Waals surface area contributed by atoms with Gasteiger partial charge < -0.3 is 4.74 Å². The number of ether oxygens (including phenoxy) is 1. The van der Waals surface area contributed by atoms with Gasteiger partial charge in [-0.1, -0.05) is 31.4 Å². The monoisotopic (exact) mass is 280 g/mol. The topological polar surface area (TPSA) is 26.3 Å². The molecule has 0 aliphatic carbocycles. The molecule has 112 valence electrons. The third kappa shape index (κ3) is 14.9. The number of esters is 1. The summed E-state index contributed by atoms with van der Waals surface area (Å²) < 4.78 is 40.2. The second-order valence-corrected chi connectivity index (χ2v) is 4.40. The predicted octanol–water partition coefficient (Wildman–Crippen LogP) is 4.79. The van der Waals surface area contributed by atoms with Crippen LogP contribution in [0.5, 0.6) is 0 Å². The predicted molar refractivity (Wildman–Crippen MR) is 68.8 cm³/mol. The normalized spacial score (nSPS) is 12.0. The molecule has 2 nitrogen and oxygen atoms in total. The van der Waals surface area contributed by atoms with Gasteiger partial charge in [0.15, 0.2) is 0 Å². The Morgan fingerprint density at radius 2 is 1.68 bits per heavy atom. The molecule has 0 rings (SSSR count). The van der Waals surface area contributed by atoms with Crippen LogP contribution in [-0.2, 0) is 9.53 Å². The fraction of sp³-hybridized carbons (Fsp3) is 0.786. The number of hydrogen-bond donors (Lipinski definition) is 0. The van der Waals surface area contributed by atoms with E-state index in [1.165, 1.54) is 6.08 Å². The minimum absolute atomic E-state index is 0.155. The number of hydrogen-bond acceptors (Lipinski definition) is 2. The van der Waals surface area contributed by atoms with Crippen LogP contribution in [0.1, 0.15) is 58.3 Å². The van der Waals surface area contributed by atoms with E-state index in [1.54, 1.807) is 13.0 Å². The van der Waals surface area contributed by atoms with E-state index in [0.717, 1.165) is 32.1 Å². The molecule has 0 aromatic carbocycles. The first-order valence-electron chi connectivity index (χ1n) is 6.83. The number of rotatable bonds is 10. The fourth-order valence-corrected chi connectivity index (χ4v) is 1.63. The average molecular weight is 280 g/mol. The molecule has 0 unspecified atom stereocenters. The van der Waals surface area contributed by atoms with E-state index in [0.29, 0.717) is 19.4 Å². The van der Waals surface area contributed by atoms with E-state index in [1.807, 2.05) is 0 Å². The summed E-state index contributed by atoms with van der Waals surface area (Å²) in [7, 11) is 0. The minimum atomic E-state index is -4.09. The molecule has 0 amide bonds. The molecule has 0 aromatic heterocycles. The Morgan fingerprint density at radius 1 is 1.05 bits per heavy atom. The fourth-order valence-electron chi connectivity index (χ4n) is 1.63. The summed E-state index contributed by atoms with van der Waals surface area (Å²) >= 11 is 0. The standard InChI is InChI=1S/C14H23F3O2/c1-2-19-13(18)11-9-7-5-3-4-6-8-10-12-14(15,16)17/h8,10H,2-7,9,11-12H2,1H3/b10-8+.